The van der Waals surface area contributed by atoms with Gasteiger partial charge in [-0.25, -0.2) is 0 Å². The van der Waals surface area contributed by atoms with Crippen LogP contribution >= 0.6 is 0 Å². The Morgan fingerprint density at radius 3 is 3.21 bits per heavy atom. The van der Waals surface area contributed by atoms with Gasteiger partial charge in [0.05, 0.1) is 5.69 Å². The van der Waals surface area contributed by atoms with Crippen LogP contribution in [0, 0.1) is 5.92 Å². The molecule has 3 nitrogen and oxygen atoms in total. The molecule has 2 unspecified atom stereocenters. The van der Waals surface area contributed by atoms with Gasteiger partial charge in [0.15, 0.2) is 0 Å². The largest absolute Gasteiger partial charge is 0.310 e. The number of aromatic amines is 1. The van der Waals surface area contributed by atoms with Gasteiger partial charge < -0.3 is 5.32 Å². The Bertz CT molecular complexity index is 329. The lowest BCUT2D eigenvalue weighted by Gasteiger charge is -2.25. The monoisotopic (exact) mass is 191 g/mol. The smallest absolute Gasteiger partial charge is 0.0670 e. The van der Waals surface area contributed by atoms with Crippen LogP contribution in [0.3, 0.4) is 0 Å². The van der Waals surface area contributed by atoms with E-state index in [1.165, 1.54) is 42.8 Å². The van der Waals surface area contributed by atoms with E-state index in [2.05, 4.69) is 22.4 Å². The molecular weight excluding hydrogens is 174 g/mol. The number of aryl methyl sites for hydroxylation is 2. The molecule has 3 heteroatoms. The molecule has 3 rings (SSSR count). The lowest BCUT2D eigenvalue weighted by atomic mass is 9.82. The van der Waals surface area contributed by atoms with Crippen LogP contribution in [-0.4, -0.2) is 16.7 Å². The average molecular weight is 191 g/mol. The van der Waals surface area contributed by atoms with E-state index in [4.69, 9.17) is 0 Å². The number of hydrogen-bond acceptors (Lipinski definition) is 2. The molecule has 2 N–H and O–H groups in total. The first-order valence-corrected chi connectivity index (χ1v) is 5.69. The van der Waals surface area contributed by atoms with Gasteiger partial charge >= 0.3 is 0 Å². The predicted molar refractivity (Wildman–Crippen MR) is 55.1 cm³/mol. The quantitative estimate of drug-likeness (QED) is 0.707. The first-order valence-electron chi connectivity index (χ1n) is 5.69. The number of hydrogen-bond donors (Lipinski definition) is 2. The minimum Gasteiger partial charge on any atom is -0.310 e. The number of rotatable bonds is 1. The summed E-state index contributed by atoms with van der Waals surface area (Å²) in [5.41, 5.74) is 4.17. The first kappa shape index (κ1) is 8.48. The maximum atomic E-state index is 4.41. The van der Waals surface area contributed by atoms with E-state index in [1.54, 1.807) is 0 Å². The fourth-order valence-electron chi connectivity index (χ4n) is 2.99. The number of nitrogens with one attached hydrogen (secondary N) is 2. The zero-order chi connectivity index (χ0) is 9.54. The number of aromatic nitrogens is 2. The minimum atomic E-state index is 0.604. The molecule has 14 heavy (non-hydrogen) atoms. The summed E-state index contributed by atoms with van der Waals surface area (Å²) >= 11 is 0. The van der Waals surface area contributed by atoms with Crippen molar-refractivity contribution in [3.05, 3.63) is 17.0 Å². The fourth-order valence-corrected chi connectivity index (χ4v) is 2.99. The van der Waals surface area contributed by atoms with Crippen LogP contribution in [0.2, 0.25) is 0 Å². The van der Waals surface area contributed by atoms with Gasteiger partial charge in [-0.05, 0) is 38.1 Å². The van der Waals surface area contributed by atoms with Gasteiger partial charge in [0, 0.05) is 17.3 Å². The Kier molecular flexibility index (Phi) is 1.87. The fraction of sp³-hybridized carbons (Fsp3) is 0.727. The van der Waals surface area contributed by atoms with E-state index in [1.807, 2.05) is 0 Å². The van der Waals surface area contributed by atoms with Gasteiger partial charge in [-0.2, -0.15) is 5.10 Å². The van der Waals surface area contributed by atoms with Crippen molar-refractivity contribution in [2.45, 2.75) is 38.6 Å². The molecule has 1 saturated heterocycles. The number of H-pyrrole nitrogens is 1. The summed E-state index contributed by atoms with van der Waals surface area (Å²) in [5.74, 6) is 0.866. The molecule has 0 bridgehead atoms. The van der Waals surface area contributed by atoms with Crippen LogP contribution in [0.5, 0.6) is 0 Å². The third kappa shape index (κ3) is 1.05. The van der Waals surface area contributed by atoms with Crippen LogP contribution in [0.25, 0.3) is 0 Å². The van der Waals surface area contributed by atoms with Crippen LogP contribution < -0.4 is 5.32 Å². The Balaban J connectivity index is 2.05. The van der Waals surface area contributed by atoms with Crippen molar-refractivity contribution in [3.63, 3.8) is 0 Å². The molecule has 0 amide bonds. The highest BCUT2D eigenvalue weighted by molar-refractivity contribution is 5.33. The molecule has 1 aliphatic carbocycles. The molecule has 76 valence electrons. The number of nitrogens with zero attached hydrogens (tertiary/aromatic N) is 1. The summed E-state index contributed by atoms with van der Waals surface area (Å²) in [6.07, 6.45) is 4.93. The van der Waals surface area contributed by atoms with Crippen LogP contribution in [0.1, 0.15) is 42.8 Å². The molecule has 0 radical (unpaired) electrons. The minimum absolute atomic E-state index is 0.604. The van der Waals surface area contributed by atoms with Crippen molar-refractivity contribution in [2.24, 2.45) is 5.92 Å². The molecule has 0 spiro atoms. The van der Waals surface area contributed by atoms with Crippen LogP contribution in [0.15, 0.2) is 0 Å². The molecule has 2 atom stereocenters. The van der Waals surface area contributed by atoms with E-state index >= 15 is 0 Å². The Hall–Kier alpha value is -0.830. The zero-order valence-corrected chi connectivity index (χ0v) is 8.64. The Morgan fingerprint density at radius 2 is 2.36 bits per heavy atom. The maximum absolute atomic E-state index is 4.41. The van der Waals surface area contributed by atoms with Crippen molar-refractivity contribution < 1.29 is 0 Å². The van der Waals surface area contributed by atoms with Gasteiger partial charge in [-0.3, -0.25) is 5.10 Å². The molecule has 1 fully saturated rings. The van der Waals surface area contributed by atoms with E-state index < -0.39 is 0 Å². The Morgan fingerprint density at radius 1 is 1.43 bits per heavy atom. The molecule has 2 heterocycles. The highest BCUT2D eigenvalue weighted by Gasteiger charge is 2.35. The van der Waals surface area contributed by atoms with Gasteiger partial charge in [0.25, 0.3) is 0 Å². The molecule has 1 aromatic rings. The summed E-state index contributed by atoms with van der Waals surface area (Å²) < 4.78 is 0. The lowest BCUT2D eigenvalue weighted by Crippen LogP contribution is -2.24. The first-order chi connectivity index (χ1) is 6.90. The third-order valence-electron chi connectivity index (χ3n) is 3.72. The van der Waals surface area contributed by atoms with Gasteiger partial charge in [-0.15, -0.1) is 0 Å². The molecule has 0 saturated carbocycles. The second-order valence-corrected chi connectivity index (χ2v) is 4.44. The highest BCUT2D eigenvalue weighted by atomic mass is 15.1. The van der Waals surface area contributed by atoms with Gasteiger partial charge in [0.2, 0.25) is 0 Å². The van der Waals surface area contributed by atoms with Crippen molar-refractivity contribution in [2.75, 3.05) is 6.54 Å². The van der Waals surface area contributed by atoms with Gasteiger partial charge in [-0.1, -0.05) is 6.92 Å². The molecular formula is C11H17N3. The van der Waals surface area contributed by atoms with Gasteiger partial charge in [0.1, 0.15) is 0 Å². The normalized spacial score (nSPS) is 30.1. The van der Waals surface area contributed by atoms with Crippen molar-refractivity contribution in [1.82, 2.24) is 15.5 Å². The molecule has 0 aromatic carbocycles. The van der Waals surface area contributed by atoms with Crippen LogP contribution in [-0.2, 0) is 12.8 Å². The number of fused-ring (bicyclic) bond motifs is 3. The van der Waals surface area contributed by atoms with E-state index in [9.17, 15) is 0 Å². The lowest BCUT2D eigenvalue weighted by molar-refractivity contribution is 0.402. The molecule has 2 aliphatic rings. The zero-order valence-electron chi connectivity index (χ0n) is 8.64. The summed E-state index contributed by atoms with van der Waals surface area (Å²) in [5, 5.41) is 11.2. The predicted octanol–water partition coefficient (Wildman–Crippen LogP) is 1.57. The summed E-state index contributed by atoms with van der Waals surface area (Å²) in [6, 6.07) is 0.604. The summed E-state index contributed by atoms with van der Waals surface area (Å²) in [6.45, 7) is 3.37. The summed E-state index contributed by atoms with van der Waals surface area (Å²) in [4.78, 5) is 0. The SMILES string of the molecule is CCc1n[nH]c2c1C1NCCC1CC2. The Labute approximate surface area is 84.3 Å². The highest BCUT2D eigenvalue weighted by Crippen LogP contribution is 2.40. The molecule has 1 aromatic heterocycles. The maximum Gasteiger partial charge on any atom is 0.0670 e. The second kappa shape index (κ2) is 3.09. The summed E-state index contributed by atoms with van der Waals surface area (Å²) in [7, 11) is 0. The standard InChI is InChI=1S/C11H17N3/c1-2-8-10-9(14-13-8)4-3-7-5-6-12-11(7)10/h7,11-12H,2-6H2,1H3,(H,13,14). The van der Waals surface area contributed by atoms with E-state index in [0.717, 1.165) is 12.3 Å². The average Bonchev–Trinajstić information content (AvgIpc) is 2.82. The third-order valence-corrected chi connectivity index (χ3v) is 3.72. The van der Waals surface area contributed by atoms with Crippen molar-refractivity contribution >= 4 is 0 Å². The second-order valence-electron chi connectivity index (χ2n) is 4.44. The molecule has 1 aliphatic heterocycles. The van der Waals surface area contributed by atoms with Crippen LogP contribution in [0.4, 0.5) is 0 Å². The topological polar surface area (TPSA) is 40.7 Å². The van der Waals surface area contributed by atoms with E-state index in [-0.39, 0.29) is 0 Å². The van der Waals surface area contributed by atoms with Crippen molar-refractivity contribution in [1.29, 1.82) is 0 Å². The van der Waals surface area contributed by atoms with Crippen molar-refractivity contribution in [3.8, 4) is 0 Å². The van der Waals surface area contributed by atoms with E-state index in [0.29, 0.717) is 6.04 Å².